The van der Waals surface area contributed by atoms with Gasteiger partial charge in [-0.2, -0.15) is 0 Å². The van der Waals surface area contributed by atoms with Gasteiger partial charge < -0.3 is 9.97 Å². The number of rotatable bonds is 0. The largest absolute Gasteiger partial charge is 0.355 e. The molecule has 3 aromatic rings. The fourth-order valence-electron chi connectivity index (χ4n) is 12.0. The Hall–Kier alpha value is -4.44. The smallest absolute Gasteiger partial charge is 0.0700 e. The summed E-state index contributed by atoms with van der Waals surface area (Å²) in [5.74, 6) is 3.74. The van der Waals surface area contributed by atoms with Crippen LogP contribution in [0.2, 0.25) is 0 Å². The first kappa shape index (κ1) is 25.6. The van der Waals surface area contributed by atoms with Crippen molar-refractivity contribution >= 4 is 44.4 Å². The van der Waals surface area contributed by atoms with Crippen molar-refractivity contribution in [1.82, 2.24) is 19.9 Å². The van der Waals surface area contributed by atoms with Crippen molar-refractivity contribution in [2.75, 3.05) is 0 Å². The normalized spacial score (nSPS) is 33.5. The molecule has 3 aromatic heterocycles. The number of hydrogen-bond donors (Lipinski definition) is 2. The van der Waals surface area contributed by atoms with Gasteiger partial charge in [-0.1, -0.05) is 48.6 Å². The molecule has 16 bridgehead atoms. The molecule has 12 aliphatic carbocycles. The number of fused-ring (bicyclic) bond motifs is 12. The minimum absolute atomic E-state index is 0.452. The summed E-state index contributed by atoms with van der Waals surface area (Å²) in [5.41, 5.74) is 21.9. The van der Waals surface area contributed by atoms with E-state index >= 15 is 0 Å². The van der Waals surface area contributed by atoms with E-state index < -0.39 is 0 Å². The summed E-state index contributed by atoms with van der Waals surface area (Å²) in [7, 11) is 0. The molecule has 0 amide bonds. The molecule has 0 spiro atoms. The molecule has 0 saturated carbocycles. The van der Waals surface area contributed by atoms with Crippen molar-refractivity contribution in [2.45, 2.75) is 75.0 Å². The van der Waals surface area contributed by atoms with Crippen molar-refractivity contribution in [2.24, 2.45) is 23.7 Å². The number of hydrogen-bond acceptors (Lipinski definition) is 2. The van der Waals surface area contributed by atoms with Gasteiger partial charge in [0.1, 0.15) is 0 Å². The molecule has 2 aliphatic heterocycles. The molecular weight excluding hydrogens is 585 g/mol. The molecule has 14 aliphatic rings. The Labute approximate surface area is 280 Å². The quantitative estimate of drug-likeness (QED) is 0.245. The Kier molecular flexibility index (Phi) is 4.67. The molecule has 2 N–H and O–H groups in total. The number of aromatic nitrogens is 4. The Bertz CT molecular complexity index is 2250. The predicted molar refractivity (Wildman–Crippen MR) is 193 cm³/mol. The minimum Gasteiger partial charge on any atom is -0.355 e. The average Bonchev–Trinajstić information content (AvgIpc) is 3.92. The summed E-state index contributed by atoms with van der Waals surface area (Å²) in [6, 6.07) is 9.78. The molecule has 48 heavy (non-hydrogen) atoms. The SMILES string of the molecule is C1=C[C@H]2CC[C@@H]1C1=C2c2cc3nc(cc4[nH]c(cc5[nH]c(cc1n2)c1c5[C@@H]2C=C[C@H]1CC2)c1c4[C@@H]2C=C[C@H]1CC2)C1=C3[C@@H]2C=C[C@H]1CC2. The van der Waals surface area contributed by atoms with Gasteiger partial charge >= 0.3 is 0 Å². The van der Waals surface area contributed by atoms with Gasteiger partial charge in [0.05, 0.1) is 22.8 Å². The Morgan fingerprint density at radius 3 is 0.917 bits per heavy atom. The van der Waals surface area contributed by atoms with Gasteiger partial charge in [0, 0.05) is 69.4 Å². The van der Waals surface area contributed by atoms with Crippen LogP contribution >= 0.6 is 0 Å². The van der Waals surface area contributed by atoms with Crippen LogP contribution in [0.5, 0.6) is 0 Å². The molecule has 17 rings (SSSR count). The number of H-pyrrole nitrogens is 2. The fourth-order valence-corrected chi connectivity index (χ4v) is 12.0. The monoisotopic (exact) mass is 622 g/mol. The molecule has 4 heteroatoms. The van der Waals surface area contributed by atoms with Gasteiger partial charge in [0.2, 0.25) is 0 Å². The maximum Gasteiger partial charge on any atom is 0.0700 e. The number of nitrogens with one attached hydrogen (secondary N) is 2. The van der Waals surface area contributed by atoms with Crippen molar-refractivity contribution in [3.63, 3.8) is 0 Å². The molecule has 0 radical (unpaired) electrons. The first-order chi connectivity index (χ1) is 23.7. The van der Waals surface area contributed by atoms with Crippen molar-refractivity contribution < 1.29 is 0 Å². The molecule has 8 atom stereocenters. The van der Waals surface area contributed by atoms with Crippen LogP contribution in [0.1, 0.15) is 120 Å². The standard InChI is InChI=1S/C44H38N4/c1-2-22-4-3-21(1)37-29-17-31-39-23-5-7-25(8-6-23)41(39)33(46-31)19-35-43-27-13-15-28(16-14-27)44(43)36(48-35)20-34-42-26-11-9-24(10-12-26)40(42)32(47-34)18-30(45-29)38(22)37/h1-2,5,7,9,11,13,15,17-28,45-46H,3-4,6,8,10,12,14,16H2/t21-,22+,23+,24-,25-,26+,27+,28-. The first-order valence-corrected chi connectivity index (χ1v) is 18.8. The lowest BCUT2D eigenvalue weighted by atomic mass is 9.69. The van der Waals surface area contributed by atoms with E-state index in [9.17, 15) is 0 Å². The molecular formula is C44H38N4. The van der Waals surface area contributed by atoms with Gasteiger partial charge in [-0.25, -0.2) is 9.97 Å². The fraction of sp³-hybridized carbons (Fsp3) is 0.364. The highest BCUT2D eigenvalue weighted by atomic mass is 14.8. The van der Waals surface area contributed by atoms with E-state index in [0.29, 0.717) is 47.3 Å². The number of allylic oxidation sites excluding steroid dienone is 12. The molecule has 0 unspecified atom stereocenters. The highest BCUT2D eigenvalue weighted by Crippen LogP contribution is 2.56. The Balaban J connectivity index is 1.19. The topological polar surface area (TPSA) is 57.4 Å². The molecule has 234 valence electrons. The summed E-state index contributed by atoms with van der Waals surface area (Å²) < 4.78 is 0. The first-order valence-electron chi connectivity index (χ1n) is 18.8. The van der Waals surface area contributed by atoms with Crippen LogP contribution in [0.25, 0.3) is 44.4 Å². The lowest BCUT2D eigenvalue weighted by molar-refractivity contribution is 0.557. The minimum atomic E-state index is 0.452. The van der Waals surface area contributed by atoms with Gasteiger partial charge in [-0.15, -0.1) is 0 Å². The summed E-state index contributed by atoms with van der Waals surface area (Å²) in [6.07, 6.45) is 29.7. The number of aromatic amines is 2. The second kappa shape index (κ2) is 8.77. The third-order valence-electron chi connectivity index (χ3n) is 14.0. The van der Waals surface area contributed by atoms with E-state index in [-0.39, 0.29) is 0 Å². The Morgan fingerprint density at radius 2 is 0.604 bits per heavy atom. The van der Waals surface area contributed by atoms with Crippen LogP contribution in [0.4, 0.5) is 0 Å². The number of nitrogens with zero attached hydrogens (tertiary/aromatic N) is 2. The van der Waals surface area contributed by atoms with Crippen molar-refractivity contribution in [3.05, 3.63) is 118 Å². The van der Waals surface area contributed by atoms with Crippen LogP contribution in [0.3, 0.4) is 0 Å². The van der Waals surface area contributed by atoms with Crippen LogP contribution in [0.15, 0.2) is 72.9 Å². The predicted octanol–water partition coefficient (Wildman–Crippen LogP) is 10.4. The molecule has 0 fully saturated rings. The van der Waals surface area contributed by atoms with Crippen LogP contribution < -0.4 is 0 Å². The lowest BCUT2D eigenvalue weighted by Crippen LogP contribution is -2.19. The second-order valence-corrected chi connectivity index (χ2v) is 16.3. The Morgan fingerprint density at radius 1 is 0.333 bits per heavy atom. The summed E-state index contributed by atoms with van der Waals surface area (Å²) in [5, 5.41) is 0. The van der Waals surface area contributed by atoms with Gasteiger partial charge in [-0.05, 0) is 120 Å². The molecule has 4 nitrogen and oxygen atoms in total. The average molecular weight is 623 g/mol. The van der Waals surface area contributed by atoms with Crippen LogP contribution in [-0.2, 0) is 0 Å². The zero-order chi connectivity index (χ0) is 30.8. The second-order valence-electron chi connectivity index (χ2n) is 16.3. The van der Waals surface area contributed by atoms with Crippen molar-refractivity contribution in [3.8, 4) is 0 Å². The third kappa shape index (κ3) is 3.14. The summed E-state index contributed by atoms with van der Waals surface area (Å²) >= 11 is 0. The van der Waals surface area contributed by atoms with E-state index in [1.54, 1.807) is 0 Å². The molecule has 0 saturated heterocycles. The summed E-state index contributed by atoms with van der Waals surface area (Å²) in [6.45, 7) is 0. The molecule has 0 aromatic carbocycles. The summed E-state index contributed by atoms with van der Waals surface area (Å²) in [4.78, 5) is 19.2. The van der Waals surface area contributed by atoms with Gasteiger partial charge in [-0.3, -0.25) is 0 Å². The maximum atomic E-state index is 5.57. The zero-order valence-electron chi connectivity index (χ0n) is 27.1. The third-order valence-corrected chi connectivity index (χ3v) is 14.0. The van der Waals surface area contributed by atoms with Crippen LogP contribution in [-0.4, -0.2) is 19.9 Å². The van der Waals surface area contributed by atoms with E-state index in [2.05, 4.69) is 82.8 Å². The zero-order valence-corrected chi connectivity index (χ0v) is 27.1. The van der Waals surface area contributed by atoms with Crippen LogP contribution in [0, 0.1) is 23.7 Å². The van der Waals surface area contributed by atoms with E-state index in [1.807, 2.05) is 0 Å². The van der Waals surface area contributed by atoms with Gasteiger partial charge in [0.25, 0.3) is 0 Å². The van der Waals surface area contributed by atoms with E-state index in [4.69, 9.17) is 9.97 Å². The van der Waals surface area contributed by atoms with E-state index in [0.717, 1.165) is 11.4 Å². The highest BCUT2D eigenvalue weighted by Gasteiger charge is 2.41. The van der Waals surface area contributed by atoms with E-state index in [1.165, 1.54) is 129 Å². The maximum absolute atomic E-state index is 5.57. The van der Waals surface area contributed by atoms with Gasteiger partial charge in [0.15, 0.2) is 0 Å². The molecule has 5 heterocycles. The highest BCUT2D eigenvalue weighted by molar-refractivity contribution is 6.01. The van der Waals surface area contributed by atoms with Crippen molar-refractivity contribution in [1.29, 1.82) is 0 Å². The lowest BCUT2D eigenvalue weighted by Gasteiger charge is -2.33.